The van der Waals surface area contributed by atoms with Crippen molar-refractivity contribution in [3.05, 3.63) is 72.2 Å². The van der Waals surface area contributed by atoms with E-state index in [-0.39, 0.29) is 23.1 Å². The Balaban J connectivity index is 1.33. The Morgan fingerprint density at radius 3 is 2.62 bits per heavy atom. The maximum absolute atomic E-state index is 14.6. The molecule has 0 radical (unpaired) electrons. The van der Waals surface area contributed by atoms with Gasteiger partial charge >= 0.3 is 0 Å². The van der Waals surface area contributed by atoms with Crippen molar-refractivity contribution in [3.63, 3.8) is 0 Å². The molecule has 2 aromatic carbocycles. The van der Waals surface area contributed by atoms with Crippen LogP contribution in [0.25, 0.3) is 0 Å². The van der Waals surface area contributed by atoms with Gasteiger partial charge in [0.1, 0.15) is 12.4 Å². The first-order chi connectivity index (χ1) is 18.0. The summed E-state index contributed by atoms with van der Waals surface area (Å²) in [5.41, 5.74) is 3.47. The van der Waals surface area contributed by atoms with Crippen molar-refractivity contribution in [2.24, 2.45) is 0 Å². The molecule has 1 fully saturated rings. The smallest absolute Gasteiger partial charge is 0.250 e. The second-order valence-electron chi connectivity index (χ2n) is 9.30. The number of halogens is 1. The second kappa shape index (κ2) is 10.6. The molecule has 9 heteroatoms. The summed E-state index contributed by atoms with van der Waals surface area (Å²) in [6.45, 7) is 3.49. The van der Waals surface area contributed by atoms with Crippen LogP contribution in [0.4, 0.5) is 33.2 Å². The van der Waals surface area contributed by atoms with Crippen molar-refractivity contribution in [1.29, 1.82) is 0 Å². The van der Waals surface area contributed by atoms with Crippen LogP contribution in [-0.2, 0) is 14.9 Å². The summed E-state index contributed by atoms with van der Waals surface area (Å²) in [6, 6.07) is 13.2. The normalized spacial score (nSPS) is 15.5. The molecule has 0 saturated heterocycles. The predicted octanol–water partition coefficient (Wildman–Crippen LogP) is 5.47. The molecule has 1 amide bonds. The number of nitrogens with one attached hydrogen (secondary N) is 2. The maximum atomic E-state index is 14.6. The van der Waals surface area contributed by atoms with Crippen LogP contribution in [0.1, 0.15) is 31.7 Å². The van der Waals surface area contributed by atoms with Crippen LogP contribution in [0, 0.1) is 5.82 Å². The zero-order valence-corrected chi connectivity index (χ0v) is 21.0. The van der Waals surface area contributed by atoms with Crippen molar-refractivity contribution in [2.75, 3.05) is 42.4 Å². The van der Waals surface area contributed by atoms with E-state index >= 15 is 0 Å². The molecular weight excluding hydrogens is 473 g/mol. The largest absolute Gasteiger partial charge is 0.491 e. The van der Waals surface area contributed by atoms with E-state index < -0.39 is 5.82 Å². The third kappa shape index (κ3) is 5.13. The maximum Gasteiger partial charge on any atom is 0.250 e. The van der Waals surface area contributed by atoms with Gasteiger partial charge in [-0.3, -0.25) is 4.79 Å². The molecular formula is C28H30FN5O3. The van der Waals surface area contributed by atoms with Gasteiger partial charge in [-0.05, 0) is 67.8 Å². The third-order valence-corrected chi connectivity index (χ3v) is 6.88. The number of amides is 1. The molecule has 2 N–H and O–H groups in total. The number of fused-ring (bicyclic) bond motifs is 2. The van der Waals surface area contributed by atoms with E-state index in [0.29, 0.717) is 31.2 Å². The quantitative estimate of drug-likeness (QED) is 0.296. The zero-order valence-electron chi connectivity index (χ0n) is 21.0. The van der Waals surface area contributed by atoms with E-state index in [9.17, 15) is 9.18 Å². The Labute approximate surface area is 215 Å². The first kappa shape index (κ1) is 24.7. The lowest BCUT2D eigenvalue weighted by molar-refractivity contribution is -0.114. The van der Waals surface area contributed by atoms with Gasteiger partial charge in [-0.25, -0.2) is 9.37 Å². The van der Waals surface area contributed by atoms with Gasteiger partial charge in [0, 0.05) is 36.1 Å². The highest BCUT2D eigenvalue weighted by Crippen LogP contribution is 2.53. The first-order valence-electron chi connectivity index (χ1n) is 12.4. The molecule has 0 bridgehead atoms. The van der Waals surface area contributed by atoms with E-state index in [4.69, 9.17) is 9.47 Å². The second-order valence-corrected chi connectivity index (χ2v) is 9.30. The number of methoxy groups -OCH3 is 1. The highest BCUT2D eigenvalue weighted by Gasteiger charge is 2.48. The molecule has 1 aliphatic heterocycles. The van der Waals surface area contributed by atoms with Gasteiger partial charge in [0.15, 0.2) is 11.6 Å². The Kier molecular flexibility index (Phi) is 7.05. The Hall–Kier alpha value is -3.98. The minimum atomic E-state index is -0.578. The van der Waals surface area contributed by atoms with Crippen LogP contribution in [0.2, 0.25) is 0 Å². The van der Waals surface area contributed by atoms with Crippen LogP contribution in [0.15, 0.2) is 60.8 Å². The van der Waals surface area contributed by atoms with Gasteiger partial charge in [0.25, 0.3) is 5.91 Å². The Bertz CT molecular complexity index is 1310. The van der Waals surface area contributed by atoms with Crippen LogP contribution < -0.4 is 20.3 Å². The summed E-state index contributed by atoms with van der Waals surface area (Å²) in [5, 5.41) is 6.15. The van der Waals surface area contributed by atoms with Crippen LogP contribution in [-0.4, -0.2) is 42.7 Å². The summed E-state index contributed by atoms with van der Waals surface area (Å²) in [6.07, 6.45) is 7.77. The van der Waals surface area contributed by atoms with Crippen molar-refractivity contribution in [3.8, 4) is 5.75 Å². The lowest BCUT2D eigenvalue weighted by Crippen LogP contribution is -2.40. The standard InChI is InChI=1S/C28H30FN5O3/c1-3-5-25(35)34-18-28(12-4-13-28)22-11-8-20(16-24(22)34)31-26-23(29)17-30-27(33-26)32-19-6-9-21(10-7-19)37-15-14-36-2/h3,5-11,16-17H,4,12-15,18H2,1-2H3,(H2,30,31,32,33). The number of hydrogen-bond acceptors (Lipinski definition) is 7. The number of rotatable bonds is 9. The summed E-state index contributed by atoms with van der Waals surface area (Å²) in [5.74, 6) is 0.382. The molecule has 2 heterocycles. The van der Waals surface area contributed by atoms with Gasteiger partial charge in [-0.1, -0.05) is 18.6 Å². The topological polar surface area (TPSA) is 88.6 Å². The number of benzene rings is 2. The van der Waals surface area contributed by atoms with Crippen molar-refractivity contribution < 1.29 is 18.7 Å². The minimum Gasteiger partial charge on any atom is -0.491 e. The van der Waals surface area contributed by atoms with Gasteiger partial charge in [-0.2, -0.15) is 4.98 Å². The van der Waals surface area contributed by atoms with E-state index in [1.54, 1.807) is 19.3 Å². The molecule has 0 unspecified atom stereocenters. The number of nitrogens with zero attached hydrogens (tertiary/aromatic N) is 3. The van der Waals surface area contributed by atoms with Crippen LogP contribution in [0.5, 0.6) is 5.75 Å². The Morgan fingerprint density at radius 2 is 1.92 bits per heavy atom. The molecule has 1 spiro atoms. The highest BCUT2D eigenvalue weighted by molar-refractivity contribution is 6.04. The van der Waals surface area contributed by atoms with Gasteiger partial charge in [0.2, 0.25) is 5.95 Å². The SMILES string of the molecule is CC=CC(=O)N1CC2(CCC2)c2ccc(Nc3nc(Nc4ccc(OCCOC)cc4)ncc3F)cc21. The number of carbonyl (C=O) groups is 1. The fraction of sp³-hybridized carbons (Fsp3) is 0.321. The number of ether oxygens (including phenoxy) is 2. The molecule has 37 heavy (non-hydrogen) atoms. The highest BCUT2D eigenvalue weighted by atomic mass is 19.1. The van der Waals surface area contributed by atoms with Crippen LogP contribution in [0.3, 0.4) is 0 Å². The van der Waals surface area contributed by atoms with E-state index in [2.05, 4.69) is 20.6 Å². The average molecular weight is 504 g/mol. The van der Waals surface area contributed by atoms with E-state index in [1.807, 2.05) is 54.3 Å². The summed E-state index contributed by atoms with van der Waals surface area (Å²) >= 11 is 0. The van der Waals surface area contributed by atoms with E-state index in [1.165, 1.54) is 5.56 Å². The van der Waals surface area contributed by atoms with Gasteiger partial charge < -0.3 is 25.0 Å². The number of hydrogen-bond donors (Lipinski definition) is 2. The predicted molar refractivity (Wildman–Crippen MR) is 142 cm³/mol. The first-order valence-corrected chi connectivity index (χ1v) is 12.4. The average Bonchev–Trinajstić information content (AvgIpc) is 3.23. The van der Waals surface area contributed by atoms with Crippen LogP contribution >= 0.6 is 0 Å². The molecule has 1 aliphatic carbocycles. The zero-order chi connectivity index (χ0) is 25.8. The monoisotopic (exact) mass is 503 g/mol. The van der Waals surface area contributed by atoms with E-state index in [0.717, 1.165) is 36.8 Å². The molecule has 2 aliphatic rings. The minimum absolute atomic E-state index is 0.0345. The summed E-state index contributed by atoms with van der Waals surface area (Å²) < 4.78 is 25.2. The molecule has 5 rings (SSSR count). The molecule has 1 aromatic heterocycles. The lowest BCUT2D eigenvalue weighted by atomic mass is 9.66. The molecule has 1 saturated carbocycles. The molecule has 0 atom stereocenters. The van der Waals surface area contributed by atoms with Crippen molar-refractivity contribution in [2.45, 2.75) is 31.6 Å². The summed E-state index contributed by atoms with van der Waals surface area (Å²) in [4.78, 5) is 23.0. The number of anilines is 5. The van der Waals surface area contributed by atoms with Gasteiger partial charge in [0.05, 0.1) is 12.8 Å². The molecule has 8 nitrogen and oxygen atoms in total. The fourth-order valence-electron chi connectivity index (χ4n) is 4.87. The van der Waals surface area contributed by atoms with Crippen molar-refractivity contribution in [1.82, 2.24) is 9.97 Å². The number of allylic oxidation sites excluding steroid dienone is 1. The third-order valence-electron chi connectivity index (χ3n) is 6.88. The lowest BCUT2D eigenvalue weighted by Gasteiger charge is -2.38. The van der Waals surface area contributed by atoms with Crippen molar-refractivity contribution >= 4 is 34.7 Å². The number of aromatic nitrogens is 2. The summed E-state index contributed by atoms with van der Waals surface area (Å²) in [7, 11) is 1.62. The molecule has 3 aromatic rings. The molecule has 192 valence electrons. The Morgan fingerprint density at radius 1 is 1.14 bits per heavy atom. The number of carbonyl (C=O) groups excluding carboxylic acids is 1. The van der Waals surface area contributed by atoms with Gasteiger partial charge in [-0.15, -0.1) is 0 Å². The fourth-order valence-corrected chi connectivity index (χ4v) is 4.87.